The van der Waals surface area contributed by atoms with Crippen molar-refractivity contribution in [3.05, 3.63) is 24.3 Å². The highest BCUT2D eigenvalue weighted by Crippen LogP contribution is 2.29. The van der Waals surface area contributed by atoms with Crippen LogP contribution in [0, 0.1) is 5.92 Å². The summed E-state index contributed by atoms with van der Waals surface area (Å²) in [6.07, 6.45) is 3.87. The van der Waals surface area contributed by atoms with Gasteiger partial charge in [0.15, 0.2) is 6.10 Å². The fourth-order valence-electron chi connectivity index (χ4n) is 3.19. The third-order valence-corrected chi connectivity index (χ3v) is 4.54. The van der Waals surface area contributed by atoms with Gasteiger partial charge in [-0.1, -0.05) is 31.9 Å². The number of para-hydroxylation sites is 2. The van der Waals surface area contributed by atoms with Crippen LogP contribution in [0.25, 0.3) is 0 Å². The molecular weight excluding hydrogens is 280 g/mol. The number of fused-ring (bicyclic) bond motifs is 1. The Labute approximate surface area is 130 Å². The van der Waals surface area contributed by atoms with Crippen molar-refractivity contribution >= 4 is 17.5 Å². The monoisotopic (exact) mass is 302 g/mol. The van der Waals surface area contributed by atoms with Crippen LogP contribution in [-0.4, -0.2) is 24.0 Å². The number of carbonyl (C=O) groups excluding carboxylic acids is 2. The highest BCUT2D eigenvalue weighted by atomic mass is 16.5. The van der Waals surface area contributed by atoms with E-state index in [2.05, 4.69) is 17.6 Å². The van der Waals surface area contributed by atoms with Crippen molar-refractivity contribution in [3.63, 3.8) is 0 Å². The fourth-order valence-corrected chi connectivity index (χ4v) is 3.19. The Morgan fingerprint density at radius 1 is 1.32 bits per heavy atom. The third-order valence-electron chi connectivity index (χ3n) is 4.54. The number of amides is 2. The number of carbonyl (C=O) groups is 2. The smallest absolute Gasteiger partial charge is 0.266 e. The summed E-state index contributed by atoms with van der Waals surface area (Å²) in [5.41, 5.74) is 0.657. The van der Waals surface area contributed by atoms with Gasteiger partial charge in [0, 0.05) is 6.04 Å². The number of rotatable bonds is 3. The van der Waals surface area contributed by atoms with Crippen LogP contribution < -0.4 is 15.4 Å². The largest absolute Gasteiger partial charge is 0.478 e. The minimum absolute atomic E-state index is 0.0589. The molecule has 1 heterocycles. The Morgan fingerprint density at radius 3 is 2.91 bits per heavy atom. The zero-order valence-corrected chi connectivity index (χ0v) is 12.8. The van der Waals surface area contributed by atoms with Crippen LogP contribution in [0.15, 0.2) is 24.3 Å². The Morgan fingerprint density at radius 2 is 2.09 bits per heavy atom. The van der Waals surface area contributed by atoms with Crippen LogP contribution in [0.1, 0.15) is 39.0 Å². The molecule has 2 aliphatic rings. The number of nitrogens with one attached hydrogen (secondary N) is 2. The summed E-state index contributed by atoms with van der Waals surface area (Å²) in [4.78, 5) is 24.2. The van der Waals surface area contributed by atoms with Crippen molar-refractivity contribution in [2.45, 2.75) is 51.2 Å². The summed E-state index contributed by atoms with van der Waals surface area (Å²) in [6, 6.07) is 7.48. The van der Waals surface area contributed by atoms with Crippen LogP contribution in [0.4, 0.5) is 5.69 Å². The summed E-state index contributed by atoms with van der Waals surface area (Å²) in [7, 11) is 0. The molecule has 0 aromatic heterocycles. The van der Waals surface area contributed by atoms with Crippen LogP contribution in [-0.2, 0) is 9.59 Å². The lowest BCUT2D eigenvalue weighted by atomic mass is 9.86. The standard InChI is InChI=1S/C17H22N2O3/c1-11-6-2-3-7-12(11)18-16(20)10-15-17(21)19-13-8-4-5-9-14(13)22-15/h4-5,8-9,11-12,15H,2-3,6-7,10H2,1H3,(H,18,20)(H,19,21)/t11-,12-,15+/m0/s1. The molecule has 0 bridgehead atoms. The average molecular weight is 302 g/mol. The van der Waals surface area contributed by atoms with E-state index < -0.39 is 6.10 Å². The van der Waals surface area contributed by atoms with E-state index in [4.69, 9.17) is 4.74 Å². The molecule has 2 N–H and O–H groups in total. The molecule has 0 saturated heterocycles. The van der Waals surface area contributed by atoms with E-state index in [9.17, 15) is 9.59 Å². The van der Waals surface area contributed by atoms with E-state index >= 15 is 0 Å². The van der Waals surface area contributed by atoms with E-state index in [0.29, 0.717) is 17.4 Å². The van der Waals surface area contributed by atoms with Gasteiger partial charge in [0.2, 0.25) is 5.91 Å². The van der Waals surface area contributed by atoms with E-state index in [1.807, 2.05) is 12.1 Å². The molecule has 0 spiro atoms. The summed E-state index contributed by atoms with van der Waals surface area (Å²) in [6.45, 7) is 2.17. The molecule has 22 heavy (non-hydrogen) atoms. The number of benzene rings is 1. The Balaban J connectivity index is 1.59. The van der Waals surface area contributed by atoms with Gasteiger partial charge in [0.25, 0.3) is 5.91 Å². The zero-order chi connectivity index (χ0) is 15.5. The van der Waals surface area contributed by atoms with Gasteiger partial charge in [-0.05, 0) is 30.9 Å². The lowest BCUT2D eigenvalue weighted by Gasteiger charge is -2.30. The quantitative estimate of drug-likeness (QED) is 0.901. The molecule has 0 radical (unpaired) electrons. The van der Waals surface area contributed by atoms with Gasteiger partial charge < -0.3 is 15.4 Å². The van der Waals surface area contributed by atoms with Crippen LogP contribution in [0.3, 0.4) is 0 Å². The van der Waals surface area contributed by atoms with Gasteiger partial charge in [-0.25, -0.2) is 0 Å². The summed E-state index contributed by atoms with van der Waals surface area (Å²) in [5, 5.41) is 5.85. The minimum Gasteiger partial charge on any atom is -0.478 e. The van der Waals surface area contributed by atoms with Crippen molar-refractivity contribution in [1.29, 1.82) is 0 Å². The normalized spacial score (nSPS) is 27.3. The second-order valence-corrected chi connectivity index (χ2v) is 6.23. The second-order valence-electron chi connectivity index (χ2n) is 6.23. The van der Waals surface area contributed by atoms with Crippen LogP contribution >= 0.6 is 0 Å². The van der Waals surface area contributed by atoms with Gasteiger partial charge in [0.1, 0.15) is 5.75 Å². The van der Waals surface area contributed by atoms with Crippen molar-refractivity contribution in [3.8, 4) is 5.75 Å². The molecule has 118 valence electrons. The zero-order valence-electron chi connectivity index (χ0n) is 12.8. The number of ether oxygens (including phenoxy) is 1. The summed E-state index contributed by atoms with van der Waals surface area (Å²) >= 11 is 0. The van der Waals surface area contributed by atoms with Gasteiger partial charge in [-0.15, -0.1) is 0 Å². The van der Waals surface area contributed by atoms with E-state index in [1.54, 1.807) is 12.1 Å². The van der Waals surface area contributed by atoms with Gasteiger partial charge in [-0.2, -0.15) is 0 Å². The van der Waals surface area contributed by atoms with Crippen LogP contribution in [0.2, 0.25) is 0 Å². The molecule has 3 rings (SSSR count). The third kappa shape index (κ3) is 3.24. The van der Waals surface area contributed by atoms with Crippen molar-refractivity contribution in [2.24, 2.45) is 5.92 Å². The molecule has 1 aliphatic heterocycles. The van der Waals surface area contributed by atoms with E-state index in [1.165, 1.54) is 6.42 Å². The van der Waals surface area contributed by atoms with Gasteiger partial charge >= 0.3 is 0 Å². The van der Waals surface area contributed by atoms with Gasteiger partial charge in [-0.3, -0.25) is 9.59 Å². The number of anilines is 1. The highest BCUT2D eigenvalue weighted by Gasteiger charge is 2.31. The molecule has 1 aromatic carbocycles. The highest BCUT2D eigenvalue weighted by molar-refractivity contribution is 5.99. The van der Waals surface area contributed by atoms with Gasteiger partial charge in [0.05, 0.1) is 12.1 Å². The predicted octanol–water partition coefficient (Wildman–Crippen LogP) is 2.47. The van der Waals surface area contributed by atoms with E-state index in [-0.39, 0.29) is 24.3 Å². The van der Waals surface area contributed by atoms with Crippen molar-refractivity contribution in [2.75, 3.05) is 5.32 Å². The molecule has 5 nitrogen and oxygen atoms in total. The molecule has 1 fully saturated rings. The Hall–Kier alpha value is -2.04. The predicted molar refractivity (Wildman–Crippen MR) is 83.7 cm³/mol. The molecule has 1 saturated carbocycles. The molecule has 0 unspecified atom stereocenters. The summed E-state index contributed by atoms with van der Waals surface area (Å²) in [5.74, 6) is 0.745. The van der Waals surface area contributed by atoms with Crippen molar-refractivity contribution in [1.82, 2.24) is 5.32 Å². The molecule has 5 heteroatoms. The second kappa shape index (κ2) is 6.38. The molecular formula is C17H22N2O3. The Kier molecular flexibility index (Phi) is 4.32. The maximum Gasteiger partial charge on any atom is 0.266 e. The fraction of sp³-hybridized carbons (Fsp3) is 0.529. The maximum atomic E-state index is 12.2. The summed E-state index contributed by atoms with van der Waals surface area (Å²) < 4.78 is 5.66. The Bertz CT molecular complexity index is 573. The first-order valence-electron chi connectivity index (χ1n) is 7.99. The lowest BCUT2D eigenvalue weighted by molar-refractivity contribution is -0.131. The first kappa shape index (κ1) is 14.9. The SMILES string of the molecule is C[C@H]1CCCC[C@@H]1NC(=O)C[C@H]1Oc2ccccc2NC1=O. The minimum atomic E-state index is -0.756. The number of hydrogen-bond acceptors (Lipinski definition) is 3. The first-order valence-corrected chi connectivity index (χ1v) is 7.99. The molecule has 1 aliphatic carbocycles. The average Bonchev–Trinajstić information content (AvgIpc) is 2.50. The molecule has 2 amide bonds. The van der Waals surface area contributed by atoms with Crippen molar-refractivity contribution < 1.29 is 14.3 Å². The molecule has 3 atom stereocenters. The molecule has 1 aromatic rings. The maximum absolute atomic E-state index is 12.2. The topological polar surface area (TPSA) is 67.4 Å². The number of hydrogen-bond donors (Lipinski definition) is 2. The first-order chi connectivity index (χ1) is 10.6. The van der Waals surface area contributed by atoms with Crippen LogP contribution in [0.5, 0.6) is 5.75 Å². The van der Waals surface area contributed by atoms with E-state index in [0.717, 1.165) is 19.3 Å². The lowest BCUT2D eigenvalue weighted by Crippen LogP contribution is -2.45.